The van der Waals surface area contributed by atoms with Crippen molar-refractivity contribution in [3.63, 3.8) is 0 Å². The molecule has 0 bridgehead atoms. The Morgan fingerprint density at radius 3 is 2.58 bits per heavy atom. The van der Waals surface area contributed by atoms with Crippen LogP contribution in [-0.2, 0) is 0 Å². The molecular formula is C15H26N4. The molecule has 0 spiro atoms. The first kappa shape index (κ1) is 14.1. The molecule has 1 saturated heterocycles. The van der Waals surface area contributed by atoms with Crippen LogP contribution in [-0.4, -0.2) is 29.6 Å². The summed E-state index contributed by atoms with van der Waals surface area (Å²) in [7, 11) is 0. The zero-order valence-corrected chi connectivity index (χ0v) is 12.2. The average Bonchev–Trinajstić information content (AvgIpc) is 2.67. The summed E-state index contributed by atoms with van der Waals surface area (Å²) in [5.74, 6) is 2.75. The highest BCUT2D eigenvalue weighted by Gasteiger charge is 2.11. The molecule has 0 aliphatic carbocycles. The van der Waals surface area contributed by atoms with Gasteiger partial charge in [-0.2, -0.15) is 0 Å². The van der Waals surface area contributed by atoms with Crippen LogP contribution in [0.1, 0.15) is 46.0 Å². The van der Waals surface area contributed by atoms with Crippen molar-refractivity contribution in [3.05, 3.63) is 12.4 Å². The zero-order valence-electron chi connectivity index (χ0n) is 12.2. The fraction of sp³-hybridized carbons (Fsp3) is 0.733. The van der Waals surface area contributed by atoms with Gasteiger partial charge in [0.15, 0.2) is 0 Å². The van der Waals surface area contributed by atoms with Crippen LogP contribution < -0.4 is 10.2 Å². The Hall–Kier alpha value is -1.32. The quantitative estimate of drug-likeness (QED) is 0.884. The average molecular weight is 262 g/mol. The zero-order chi connectivity index (χ0) is 13.5. The molecule has 1 aromatic heterocycles. The fourth-order valence-corrected chi connectivity index (χ4v) is 2.41. The summed E-state index contributed by atoms with van der Waals surface area (Å²) in [4.78, 5) is 11.1. The molecule has 1 aliphatic rings. The molecule has 1 aromatic rings. The standard InChI is InChI=1S/C15H26N4/c1-13(2)7-8-16-14-11-15(18-12-17-14)19-9-5-3-4-6-10-19/h11-13H,3-10H2,1-2H3,(H,16,17,18). The number of hydrogen-bond donors (Lipinski definition) is 1. The summed E-state index contributed by atoms with van der Waals surface area (Å²) < 4.78 is 0. The maximum absolute atomic E-state index is 4.42. The van der Waals surface area contributed by atoms with Crippen LogP contribution in [0, 0.1) is 5.92 Å². The van der Waals surface area contributed by atoms with Crippen molar-refractivity contribution in [1.29, 1.82) is 0 Å². The molecule has 0 amide bonds. The Balaban J connectivity index is 1.93. The number of nitrogens with zero attached hydrogens (tertiary/aromatic N) is 3. The Labute approximate surface area is 116 Å². The van der Waals surface area contributed by atoms with Gasteiger partial charge in [-0.25, -0.2) is 9.97 Å². The summed E-state index contributed by atoms with van der Waals surface area (Å²) in [5.41, 5.74) is 0. The van der Waals surface area contributed by atoms with E-state index < -0.39 is 0 Å². The molecule has 0 atom stereocenters. The van der Waals surface area contributed by atoms with Crippen molar-refractivity contribution < 1.29 is 0 Å². The summed E-state index contributed by atoms with van der Waals surface area (Å²) in [6.07, 6.45) is 8.10. The Kier molecular flexibility index (Phi) is 5.43. The second-order valence-electron chi connectivity index (χ2n) is 5.77. The molecular weight excluding hydrogens is 236 g/mol. The summed E-state index contributed by atoms with van der Waals surface area (Å²) in [5, 5.41) is 3.39. The summed E-state index contributed by atoms with van der Waals surface area (Å²) in [6.45, 7) is 7.72. The van der Waals surface area contributed by atoms with Gasteiger partial charge in [0.25, 0.3) is 0 Å². The van der Waals surface area contributed by atoms with Crippen molar-refractivity contribution in [1.82, 2.24) is 9.97 Å². The van der Waals surface area contributed by atoms with Gasteiger partial charge < -0.3 is 10.2 Å². The lowest BCUT2D eigenvalue weighted by Crippen LogP contribution is -2.25. The van der Waals surface area contributed by atoms with E-state index in [-0.39, 0.29) is 0 Å². The number of anilines is 2. The third-order valence-electron chi connectivity index (χ3n) is 3.61. The largest absolute Gasteiger partial charge is 0.370 e. The van der Waals surface area contributed by atoms with E-state index in [0.29, 0.717) is 0 Å². The molecule has 19 heavy (non-hydrogen) atoms. The van der Waals surface area contributed by atoms with Crippen molar-refractivity contribution in [2.45, 2.75) is 46.0 Å². The SMILES string of the molecule is CC(C)CCNc1cc(N2CCCCCC2)ncn1. The Morgan fingerprint density at radius 2 is 1.89 bits per heavy atom. The van der Waals surface area contributed by atoms with E-state index in [4.69, 9.17) is 0 Å². The van der Waals surface area contributed by atoms with Crippen molar-refractivity contribution in [2.75, 3.05) is 29.9 Å². The van der Waals surface area contributed by atoms with E-state index in [0.717, 1.165) is 37.2 Å². The lowest BCUT2D eigenvalue weighted by Gasteiger charge is -2.21. The van der Waals surface area contributed by atoms with Crippen LogP contribution in [0.5, 0.6) is 0 Å². The topological polar surface area (TPSA) is 41.0 Å². The first-order chi connectivity index (χ1) is 9.25. The molecule has 0 aromatic carbocycles. The van der Waals surface area contributed by atoms with Gasteiger partial charge in [-0.15, -0.1) is 0 Å². The minimum Gasteiger partial charge on any atom is -0.370 e. The van der Waals surface area contributed by atoms with Gasteiger partial charge in [0.1, 0.15) is 18.0 Å². The highest BCUT2D eigenvalue weighted by molar-refractivity contribution is 5.48. The molecule has 4 heteroatoms. The Morgan fingerprint density at radius 1 is 1.16 bits per heavy atom. The molecule has 1 fully saturated rings. The first-order valence-corrected chi connectivity index (χ1v) is 7.56. The van der Waals surface area contributed by atoms with Crippen LogP contribution in [0.3, 0.4) is 0 Å². The Bertz CT molecular complexity index is 370. The van der Waals surface area contributed by atoms with E-state index in [1.807, 2.05) is 0 Å². The number of hydrogen-bond acceptors (Lipinski definition) is 4. The number of aromatic nitrogens is 2. The molecule has 0 unspecified atom stereocenters. The summed E-state index contributed by atoms with van der Waals surface area (Å²) in [6, 6.07) is 2.09. The molecule has 2 rings (SSSR count). The van der Waals surface area contributed by atoms with Gasteiger partial charge >= 0.3 is 0 Å². The van der Waals surface area contributed by atoms with E-state index in [1.165, 1.54) is 32.1 Å². The van der Waals surface area contributed by atoms with Crippen molar-refractivity contribution in [2.24, 2.45) is 5.92 Å². The van der Waals surface area contributed by atoms with Gasteiger partial charge in [0, 0.05) is 25.7 Å². The van der Waals surface area contributed by atoms with Crippen LogP contribution in [0.4, 0.5) is 11.6 Å². The smallest absolute Gasteiger partial charge is 0.134 e. The second kappa shape index (κ2) is 7.31. The third kappa shape index (κ3) is 4.69. The molecule has 1 aliphatic heterocycles. The predicted molar refractivity (Wildman–Crippen MR) is 80.7 cm³/mol. The predicted octanol–water partition coefficient (Wildman–Crippen LogP) is 3.32. The number of nitrogens with one attached hydrogen (secondary N) is 1. The second-order valence-corrected chi connectivity index (χ2v) is 5.77. The van der Waals surface area contributed by atoms with Gasteiger partial charge in [0.2, 0.25) is 0 Å². The van der Waals surface area contributed by atoms with E-state index in [1.54, 1.807) is 6.33 Å². The lowest BCUT2D eigenvalue weighted by molar-refractivity contribution is 0.606. The maximum atomic E-state index is 4.42. The van der Waals surface area contributed by atoms with Gasteiger partial charge in [-0.3, -0.25) is 0 Å². The van der Waals surface area contributed by atoms with E-state index >= 15 is 0 Å². The highest BCUT2D eigenvalue weighted by Crippen LogP contribution is 2.19. The summed E-state index contributed by atoms with van der Waals surface area (Å²) >= 11 is 0. The first-order valence-electron chi connectivity index (χ1n) is 7.56. The lowest BCUT2D eigenvalue weighted by atomic mass is 10.1. The minimum absolute atomic E-state index is 0.722. The fourth-order valence-electron chi connectivity index (χ4n) is 2.41. The molecule has 1 N–H and O–H groups in total. The van der Waals surface area contributed by atoms with Crippen molar-refractivity contribution in [3.8, 4) is 0 Å². The van der Waals surface area contributed by atoms with Crippen molar-refractivity contribution >= 4 is 11.6 Å². The molecule has 2 heterocycles. The van der Waals surface area contributed by atoms with Crippen LogP contribution in [0.25, 0.3) is 0 Å². The van der Waals surface area contributed by atoms with Crippen LogP contribution >= 0.6 is 0 Å². The van der Waals surface area contributed by atoms with Gasteiger partial charge in [-0.05, 0) is 25.2 Å². The normalized spacial score (nSPS) is 16.5. The van der Waals surface area contributed by atoms with E-state index in [2.05, 4.69) is 40.1 Å². The maximum Gasteiger partial charge on any atom is 0.134 e. The molecule has 4 nitrogen and oxygen atoms in total. The number of rotatable bonds is 5. The van der Waals surface area contributed by atoms with Gasteiger partial charge in [-0.1, -0.05) is 26.7 Å². The van der Waals surface area contributed by atoms with Crippen LogP contribution in [0.2, 0.25) is 0 Å². The monoisotopic (exact) mass is 262 g/mol. The third-order valence-corrected chi connectivity index (χ3v) is 3.61. The van der Waals surface area contributed by atoms with Gasteiger partial charge in [0.05, 0.1) is 0 Å². The molecule has 0 saturated carbocycles. The highest BCUT2D eigenvalue weighted by atomic mass is 15.2. The molecule has 0 radical (unpaired) electrons. The van der Waals surface area contributed by atoms with E-state index in [9.17, 15) is 0 Å². The minimum atomic E-state index is 0.722. The van der Waals surface area contributed by atoms with Crippen LogP contribution in [0.15, 0.2) is 12.4 Å². The molecule has 106 valence electrons.